The molecule has 3 aliphatic rings. The molecule has 6 atom stereocenters. The summed E-state index contributed by atoms with van der Waals surface area (Å²) in [6, 6.07) is 12.9. The van der Waals surface area contributed by atoms with Crippen molar-refractivity contribution >= 4 is 84.5 Å². The third kappa shape index (κ3) is 4.90. The van der Waals surface area contributed by atoms with E-state index in [1.165, 1.54) is 54.8 Å². The van der Waals surface area contributed by atoms with Crippen molar-refractivity contribution in [2.75, 3.05) is 6.54 Å². The van der Waals surface area contributed by atoms with Gasteiger partial charge in [-0.2, -0.15) is 5.01 Å². The number of hydrazine groups is 1. The van der Waals surface area contributed by atoms with E-state index < -0.39 is 47.9 Å². The fourth-order valence-electron chi connectivity index (χ4n) is 6.09. The Bertz CT molecular complexity index is 1580. The molecule has 216 valence electrons. The van der Waals surface area contributed by atoms with E-state index in [-0.39, 0.29) is 54.2 Å². The minimum atomic E-state index is -0.797. The number of rotatable bonds is 7. The normalized spacial score (nSPS) is 26.0. The predicted octanol–water partition coefficient (Wildman–Crippen LogP) is 5.82. The highest BCUT2D eigenvalue weighted by atomic mass is 79.9. The highest BCUT2D eigenvalue weighted by Gasteiger charge is 2.67. The smallest absolute Gasteiger partial charge is 0.379 e. The highest BCUT2D eigenvalue weighted by Crippen LogP contribution is 2.60. The van der Waals surface area contributed by atoms with Gasteiger partial charge in [0.1, 0.15) is 12.3 Å². The van der Waals surface area contributed by atoms with E-state index in [2.05, 4.69) is 31.9 Å². The van der Waals surface area contributed by atoms with Gasteiger partial charge in [-0.3, -0.25) is 19.2 Å². The fraction of sp³-hybridized carbons (Fsp3) is 0.276. The number of imide groups is 1. The van der Waals surface area contributed by atoms with E-state index in [0.29, 0.717) is 6.42 Å². The number of carbonyl (C=O) groups is 5. The summed E-state index contributed by atoms with van der Waals surface area (Å²) in [5.74, 6) is -4.31. The molecule has 0 radical (unpaired) electrons. The zero-order valence-electron chi connectivity index (χ0n) is 21.4. The first-order chi connectivity index (χ1) is 20.1. The van der Waals surface area contributed by atoms with Crippen LogP contribution in [0.15, 0.2) is 65.3 Å². The standard InChI is InChI=1S/C29H20Br2Cl2N2O7/c30-24-17-11-18(25(24)31)23-22(17)27(38)35(28(23)39)34(26(37)16-8-5-14(32)10-19(16)33)12-20(36)13-3-6-15(7-4-13)42-29(40)21-2-1-9-41-21/h1-10,17-18,22-25H,11-12H2/t17-,18-,22-,23-,24+,25+/m1/s1. The molecule has 9 nitrogen and oxygen atoms in total. The Hall–Kier alpha value is -2.99. The Morgan fingerprint density at radius 2 is 1.60 bits per heavy atom. The van der Waals surface area contributed by atoms with Crippen LogP contribution in [-0.2, 0) is 9.59 Å². The first kappa shape index (κ1) is 29.1. The minimum absolute atomic E-state index is 0.00246. The lowest BCUT2D eigenvalue weighted by molar-refractivity contribution is -0.154. The molecule has 3 amide bonds. The van der Waals surface area contributed by atoms with Crippen LogP contribution >= 0.6 is 55.1 Å². The van der Waals surface area contributed by atoms with Crippen LogP contribution in [-0.4, -0.2) is 55.7 Å². The first-order valence-electron chi connectivity index (χ1n) is 12.9. The second kappa shape index (κ2) is 11.3. The first-order valence-corrected chi connectivity index (χ1v) is 15.5. The molecule has 2 bridgehead atoms. The molecule has 2 saturated carbocycles. The van der Waals surface area contributed by atoms with Crippen molar-refractivity contribution in [3.05, 3.63) is 87.8 Å². The van der Waals surface area contributed by atoms with Crippen LogP contribution < -0.4 is 4.74 Å². The molecule has 0 N–H and O–H groups in total. The lowest BCUT2D eigenvalue weighted by atomic mass is 9.81. The average molecular weight is 739 g/mol. The molecule has 6 rings (SSSR count). The molecular weight excluding hydrogens is 719 g/mol. The van der Waals surface area contributed by atoms with Gasteiger partial charge < -0.3 is 9.15 Å². The Balaban J connectivity index is 1.28. The van der Waals surface area contributed by atoms with Gasteiger partial charge in [0.2, 0.25) is 5.76 Å². The molecule has 2 aliphatic carbocycles. The van der Waals surface area contributed by atoms with Crippen LogP contribution in [0.25, 0.3) is 0 Å². The molecule has 13 heteroatoms. The summed E-state index contributed by atoms with van der Waals surface area (Å²) in [6.45, 7) is -0.620. The van der Waals surface area contributed by atoms with Crippen molar-refractivity contribution in [1.82, 2.24) is 10.0 Å². The van der Waals surface area contributed by atoms with Crippen molar-refractivity contribution in [2.24, 2.45) is 23.7 Å². The third-order valence-corrected chi connectivity index (χ3v) is 11.8. The number of fused-ring (bicyclic) bond motifs is 5. The zero-order valence-corrected chi connectivity index (χ0v) is 26.1. The average Bonchev–Trinajstić information content (AvgIpc) is 3.74. The number of hydrogen-bond donors (Lipinski definition) is 0. The lowest BCUT2D eigenvalue weighted by Gasteiger charge is -2.31. The molecule has 3 aromatic rings. The maximum atomic E-state index is 13.9. The van der Waals surface area contributed by atoms with Gasteiger partial charge in [0.15, 0.2) is 5.78 Å². The van der Waals surface area contributed by atoms with E-state index in [1.54, 1.807) is 6.07 Å². The van der Waals surface area contributed by atoms with Gasteiger partial charge in [-0.05, 0) is 72.9 Å². The number of ether oxygens (including phenoxy) is 1. The second-order valence-electron chi connectivity index (χ2n) is 10.3. The summed E-state index contributed by atoms with van der Waals surface area (Å²) in [7, 11) is 0. The summed E-state index contributed by atoms with van der Waals surface area (Å²) in [5.41, 5.74) is 0.139. The number of alkyl halides is 2. The Morgan fingerprint density at radius 3 is 2.17 bits per heavy atom. The minimum Gasteiger partial charge on any atom is -0.457 e. The van der Waals surface area contributed by atoms with E-state index in [9.17, 15) is 24.0 Å². The zero-order chi connectivity index (χ0) is 29.9. The molecular formula is C29H20Br2Cl2N2O7. The highest BCUT2D eigenvalue weighted by molar-refractivity contribution is 9.12. The maximum Gasteiger partial charge on any atom is 0.379 e. The maximum absolute atomic E-state index is 13.9. The number of halogens is 4. The Kier molecular flexibility index (Phi) is 7.80. The largest absolute Gasteiger partial charge is 0.457 e. The molecule has 0 spiro atoms. The van der Waals surface area contributed by atoms with E-state index in [0.717, 1.165) is 10.0 Å². The lowest BCUT2D eigenvalue weighted by Crippen LogP contribution is -2.52. The van der Waals surface area contributed by atoms with E-state index in [1.807, 2.05) is 0 Å². The van der Waals surface area contributed by atoms with Gasteiger partial charge in [-0.25, -0.2) is 9.80 Å². The van der Waals surface area contributed by atoms with Crippen LogP contribution in [0.4, 0.5) is 0 Å². The summed E-state index contributed by atoms with van der Waals surface area (Å²) in [6.07, 6.45) is 2.05. The Labute approximate surface area is 266 Å². The number of carbonyl (C=O) groups excluding carboxylic acids is 5. The summed E-state index contributed by atoms with van der Waals surface area (Å²) in [4.78, 5) is 67.0. The van der Waals surface area contributed by atoms with Gasteiger partial charge in [0, 0.05) is 20.2 Å². The number of amides is 3. The van der Waals surface area contributed by atoms with Gasteiger partial charge in [-0.1, -0.05) is 55.1 Å². The number of benzene rings is 2. The predicted molar refractivity (Wildman–Crippen MR) is 158 cm³/mol. The topological polar surface area (TPSA) is 114 Å². The van der Waals surface area contributed by atoms with Crippen molar-refractivity contribution in [3.63, 3.8) is 0 Å². The third-order valence-electron chi connectivity index (χ3n) is 8.00. The number of furan rings is 1. The van der Waals surface area contributed by atoms with Gasteiger partial charge in [-0.15, -0.1) is 0 Å². The number of Topliss-reactive ketones (excluding diaryl/α,β-unsaturated/α-hetero) is 1. The fourth-order valence-corrected chi connectivity index (χ4v) is 8.46. The molecule has 42 heavy (non-hydrogen) atoms. The van der Waals surface area contributed by atoms with Gasteiger partial charge >= 0.3 is 5.97 Å². The van der Waals surface area contributed by atoms with E-state index in [4.69, 9.17) is 32.4 Å². The summed E-state index contributed by atoms with van der Waals surface area (Å²) in [5, 5.41) is 1.99. The number of esters is 1. The van der Waals surface area contributed by atoms with Crippen molar-refractivity contribution in [2.45, 2.75) is 16.1 Å². The van der Waals surface area contributed by atoms with Crippen molar-refractivity contribution < 1.29 is 33.1 Å². The van der Waals surface area contributed by atoms with Crippen LogP contribution in [0.1, 0.15) is 37.7 Å². The molecule has 2 aromatic carbocycles. The SMILES string of the molecule is O=C(CN(C(=O)c1ccc(Cl)cc1Cl)N1C(=O)[C@@H]2[C@H]3C[C@@H]([C@H](Br)[C@H]3Br)[C@H]2C1=O)c1ccc(OC(=O)c2ccco2)cc1. The summed E-state index contributed by atoms with van der Waals surface area (Å²) >= 11 is 19.6. The number of nitrogens with zero attached hydrogens (tertiary/aromatic N) is 2. The van der Waals surface area contributed by atoms with Crippen LogP contribution in [0.5, 0.6) is 5.75 Å². The summed E-state index contributed by atoms with van der Waals surface area (Å²) < 4.78 is 10.3. The van der Waals surface area contributed by atoms with Crippen molar-refractivity contribution in [3.8, 4) is 5.75 Å². The second-order valence-corrected chi connectivity index (χ2v) is 13.3. The molecule has 1 aromatic heterocycles. The molecule has 3 fully saturated rings. The molecule has 2 heterocycles. The monoisotopic (exact) mass is 736 g/mol. The van der Waals surface area contributed by atoms with Gasteiger partial charge in [0.05, 0.1) is 28.7 Å². The number of ketones is 1. The van der Waals surface area contributed by atoms with Crippen molar-refractivity contribution in [1.29, 1.82) is 0 Å². The van der Waals surface area contributed by atoms with Crippen LogP contribution in [0, 0.1) is 23.7 Å². The molecule has 1 saturated heterocycles. The quantitative estimate of drug-likeness (QED) is 0.0987. The molecule has 1 aliphatic heterocycles. The number of hydrogen-bond acceptors (Lipinski definition) is 7. The Morgan fingerprint density at radius 1 is 0.952 bits per heavy atom. The van der Waals surface area contributed by atoms with Crippen LogP contribution in [0.3, 0.4) is 0 Å². The van der Waals surface area contributed by atoms with Crippen LogP contribution in [0.2, 0.25) is 10.0 Å². The van der Waals surface area contributed by atoms with E-state index >= 15 is 0 Å². The molecule has 0 unspecified atom stereocenters. The van der Waals surface area contributed by atoms with Gasteiger partial charge in [0.25, 0.3) is 17.7 Å².